The molecule has 3 nitrogen and oxygen atoms in total. The lowest BCUT2D eigenvalue weighted by molar-refractivity contribution is 0.0126. The summed E-state index contributed by atoms with van der Waals surface area (Å²) in [5, 5.41) is 0. The fourth-order valence-corrected chi connectivity index (χ4v) is 2.75. The molecule has 0 aromatic heterocycles. The second-order valence-electron chi connectivity index (χ2n) is 6.52. The SMILES string of the molecule is COC(C)(C)CCCC(C)CCOc1ccc([S+](C)[O-])cc1. The second-order valence-corrected chi connectivity index (χ2v) is 7.90. The normalized spacial score (nSPS) is 14.6. The van der Waals surface area contributed by atoms with Crippen LogP contribution in [0.4, 0.5) is 0 Å². The van der Waals surface area contributed by atoms with Gasteiger partial charge in [-0.05, 0) is 68.0 Å². The molecule has 1 aromatic carbocycles. The third kappa shape index (κ3) is 7.52. The van der Waals surface area contributed by atoms with Crippen molar-refractivity contribution in [3.63, 3.8) is 0 Å². The van der Waals surface area contributed by atoms with Gasteiger partial charge < -0.3 is 14.0 Å². The van der Waals surface area contributed by atoms with Crippen LogP contribution in [0.5, 0.6) is 5.75 Å². The predicted molar refractivity (Wildman–Crippen MR) is 93.0 cm³/mol. The Kier molecular flexibility index (Phi) is 8.29. The number of hydrogen-bond donors (Lipinski definition) is 0. The standard InChI is InChI=1S/C18H30O3S/c1-15(7-6-13-18(2,3)20-4)12-14-21-16-8-10-17(11-9-16)22(5)19/h8-11,15H,6-7,12-14H2,1-5H3. The molecule has 0 heterocycles. The molecule has 0 aliphatic heterocycles. The fourth-order valence-electron chi connectivity index (χ4n) is 2.23. The Morgan fingerprint density at radius 2 is 1.82 bits per heavy atom. The molecule has 0 N–H and O–H groups in total. The maximum absolute atomic E-state index is 11.3. The van der Waals surface area contributed by atoms with Crippen molar-refractivity contribution in [3.05, 3.63) is 24.3 Å². The highest BCUT2D eigenvalue weighted by atomic mass is 32.2. The first-order valence-electron chi connectivity index (χ1n) is 7.95. The quantitative estimate of drug-likeness (QED) is 0.597. The number of methoxy groups -OCH3 is 1. The van der Waals surface area contributed by atoms with Crippen molar-refractivity contribution < 1.29 is 14.0 Å². The van der Waals surface area contributed by atoms with Crippen LogP contribution in [0.25, 0.3) is 0 Å². The van der Waals surface area contributed by atoms with Gasteiger partial charge >= 0.3 is 0 Å². The average Bonchev–Trinajstić information content (AvgIpc) is 2.47. The largest absolute Gasteiger partial charge is 0.612 e. The topological polar surface area (TPSA) is 41.5 Å². The van der Waals surface area contributed by atoms with Gasteiger partial charge in [-0.2, -0.15) is 0 Å². The van der Waals surface area contributed by atoms with Gasteiger partial charge in [-0.1, -0.05) is 19.8 Å². The second kappa shape index (κ2) is 9.43. The summed E-state index contributed by atoms with van der Waals surface area (Å²) in [6.45, 7) is 7.26. The number of ether oxygens (including phenoxy) is 2. The van der Waals surface area contributed by atoms with Crippen molar-refractivity contribution in [2.75, 3.05) is 20.0 Å². The van der Waals surface area contributed by atoms with Crippen LogP contribution in [0.1, 0.15) is 46.5 Å². The zero-order valence-corrected chi connectivity index (χ0v) is 15.4. The van der Waals surface area contributed by atoms with E-state index in [1.165, 1.54) is 12.8 Å². The van der Waals surface area contributed by atoms with Crippen LogP contribution in [0.15, 0.2) is 29.2 Å². The maximum Gasteiger partial charge on any atom is 0.152 e. The van der Waals surface area contributed by atoms with E-state index in [-0.39, 0.29) is 5.60 Å². The zero-order valence-electron chi connectivity index (χ0n) is 14.6. The van der Waals surface area contributed by atoms with E-state index in [0.29, 0.717) is 5.92 Å². The lowest BCUT2D eigenvalue weighted by Gasteiger charge is -2.23. The van der Waals surface area contributed by atoms with E-state index >= 15 is 0 Å². The van der Waals surface area contributed by atoms with Crippen molar-refractivity contribution >= 4 is 11.2 Å². The summed E-state index contributed by atoms with van der Waals surface area (Å²) in [5.41, 5.74) is -0.0165. The summed E-state index contributed by atoms with van der Waals surface area (Å²) in [6, 6.07) is 7.51. The van der Waals surface area contributed by atoms with Gasteiger partial charge in [0.05, 0.1) is 12.2 Å². The molecule has 0 saturated heterocycles. The van der Waals surface area contributed by atoms with Crippen LogP contribution in [0, 0.1) is 5.92 Å². The van der Waals surface area contributed by atoms with Gasteiger partial charge in [0.2, 0.25) is 0 Å². The molecule has 2 atom stereocenters. The van der Waals surface area contributed by atoms with Gasteiger partial charge in [0.25, 0.3) is 0 Å². The molecule has 0 amide bonds. The first-order valence-corrected chi connectivity index (χ1v) is 9.51. The van der Waals surface area contributed by atoms with Gasteiger partial charge in [-0.3, -0.25) is 0 Å². The van der Waals surface area contributed by atoms with Crippen LogP contribution in [0.2, 0.25) is 0 Å². The highest BCUT2D eigenvalue weighted by Gasteiger charge is 2.16. The molecule has 0 saturated carbocycles. The molecule has 22 heavy (non-hydrogen) atoms. The average molecular weight is 327 g/mol. The Morgan fingerprint density at radius 3 is 2.36 bits per heavy atom. The van der Waals surface area contributed by atoms with Crippen molar-refractivity contribution in [1.82, 2.24) is 0 Å². The minimum Gasteiger partial charge on any atom is -0.612 e. The summed E-state index contributed by atoms with van der Waals surface area (Å²) in [6.07, 6.45) is 6.20. The number of rotatable bonds is 10. The van der Waals surface area contributed by atoms with Gasteiger partial charge in [0, 0.05) is 7.11 Å². The molecule has 0 fully saturated rings. The van der Waals surface area contributed by atoms with Crippen LogP contribution in [-0.2, 0) is 15.9 Å². The minimum atomic E-state index is -0.928. The molecule has 126 valence electrons. The van der Waals surface area contributed by atoms with Gasteiger partial charge in [-0.25, -0.2) is 0 Å². The Bertz CT molecular complexity index is 415. The summed E-state index contributed by atoms with van der Waals surface area (Å²) < 4.78 is 22.5. The number of benzene rings is 1. The van der Waals surface area contributed by atoms with E-state index < -0.39 is 11.2 Å². The zero-order chi connectivity index (χ0) is 16.6. The van der Waals surface area contributed by atoms with E-state index in [1.807, 2.05) is 24.3 Å². The monoisotopic (exact) mass is 326 g/mol. The minimum absolute atomic E-state index is 0.0165. The summed E-state index contributed by atoms with van der Waals surface area (Å²) >= 11 is -0.928. The van der Waals surface area contributed by atoms with Gasteiger partial charge in [-0.15, -0.1) is 0 Å². The maximum atomic E-state index is 11.3. The molecule has 0 aliphatic rings. The smallest absolute Gasteiger partial charge is 0.152 e. The van der Waals surface area contributed by atoms with Crippen molar-refractivity contribution in [2.24, 2.45) is 5.92 Å². The van der Waals surface area contributed by atoms with Gasteiger partial charge in [0.15, 0.2) is 4.90 Å². The highest BCUT2D eigenvalue weighted by molar-refractivity contribution is 7.90. The summed E-state index contributed by atoms with van der Waals surface area (Å²) in [7, 11) is 1.77. The Labute approximate surface area is 138 Å². The van der Waals surface area contributed by atoms with Crippen molar-refractivity contribution in [1.29, 1.82) is 0 Å². The van der Waals surface area contributed by atoms with Crippen LogP contribution in [-0.4, -0.2) is 30.1 Å². The third-order valence-corrected chi connectivity index (χ3v) is 5.00. The van der Waals surface area contributed by atoms with Crippen LogP contribution in [0.3, 0.4) is 0 Å². The molecule has 1 aromatic rings. The van der Waals surface area contributed by atoms with E-state index in [1.54, 1.807) is 13.4 Å². The van der Waals surface area contributed by atoms with E-state index in [4.69, 9.17) is 9.47 Å². The third-order valence-electron chi connectivity index (χ3n) is 4.06. The molecule has 1 rings (SSSR count). The molecule has 0 aliphatic carbocycles. The lowest BCUT2D eigenvalue weighted by Crippen LogP contribution is -2.22. The van der Waals surface area contributed by atoms with E-state index in [9.17, 15) is 4.55 Å². The van der Waals surface area contributed by atoms with Crippen molar-refractivity contribution in [3.8, 4) is 5.75 Å². The summed E-state index contributed by atoms with van der Waals surface area (Å²) in [5.74, 6) is 1.50. The molecular formula is C18H30O3S. The fraction of sp³-hybridized carbons (Fsp3) is 0.667. The van der Waals surface area contributed by atoms with E-state index in [0.717, 1.165) is 30.1 Å². The van der Waals surface area contributed by atoms with Crippen LogP contribution >= 0.6 is 0 Å². The Hall–Kier alpha value is -0.710. The Balaban J connectivity index is 2.20. The molecule has 0 spiro atoms. The van der Waals surface area contributed by atoms with Crippen molar-refractivity contribution in [2.45, 2.75) is 57.0 Å². The first-order chi connectivity index (χ1) is 10.3. The predicted octanol–water partition coefficient (Wildman–Crippen LogP) is 4.42. The molecular weight excluding hydrogens is 296 g/mol. The number of hydrogen-bond acceptors (Lipinski definition) is 3. The van der Waals surface area contributed by atoms with Crippen LogP contribution < -0.4 is 4.74 Å². The summed E-state index contributed by atoms with van der Waals surface area (Å²) in [4.78, 5) is 0.835. The van der Waals surface area contributed by atoms with E-state index in [2.05, 4.69) is 20.8 Å². The molecule has 2 unspecified atom stereocenters. The van der Waals surface area contributed by atoms with Gasteiger partial charge in [0.1, 0.15) is 12.0 Å². The lowest BCUT2D eigenvalue weighted by atomic mass is 9.95. The highest BCUT2D eigenvalue weighted by Crippen LogP contribution is 2.21. The Morgan fingerprint density at radius 1 is 1.18 bits per heavy atom. The molecule has 0 bridgehead atoms. The first kappa shape index (κ1) is 19.3. The molecule has 4 heteroatoms. The molecule has 0 radical (unpaired) electrons.